The Hall–Kier alpha value is -2.94. The van der Waals surface area contributed by atoms with Gasteiger partial charge in [0.05, 0.1) is 17.2 Å². The van der Waals surface area contributed by atoms with Crippen LogP contribution in [0.15, 0.2) is 47.6 Å². The van der Waals surface area contributed by atoms with Crippen LogP contribution in [0.1, 0.15) is 18.3 Å². The third-order valence-electron chi connectivity index (χ3n) is 3.56. The maximum atomic E-state index is 12.6. The van der Waals surface area contributed by atoms with Crippen LogP contribution in [0.4, 0.5) is 5.82 Å². The number of hydrogen-bond acceptors (Lipinski definition) is 6. The number of ether oxygens (including phenoxy) is 1. The number of anilines is 1. The number of hydrogen-bond donors (Lipinski definition) is 1. The highest BCUT2D eigenvalue weighted by Crippen LogP contribution is 2.19. The summed E-state index contributed by atoms with van der Waals surface area (Å²) in [5.41, 5.74) is 1.74. The van der Waals surface area contributed by atoms with Gasteiger partial charge in [-0.3, -0.25) is 4.72 Å². The topological polar surface area (TPSA) is 99.0 Å². The van der Waals surface area contributed by atoms with Crippen LogP contribution in [0.3, 0.4) is 0 Å². The van der Waals surface area contributed by atoms with Gasteiger partial charge in [0.15, 0.2) is 5.82 Å². The molecule has 9 heteroatoms. The van der Waals surface area contributed by atoms with Crippen molar-refractivity contribution in [3.8, 4) is 11.6 Å². The highest BCUT2D eigenvalue weighted by Gasteiger charge is 2.16. The van der Waals surface area contributed by atoms with E-state index in [1.54, 1.807) is 16.8 Å². The minimum atomic E-state index is -3.77. The van der Waals surface area contributed by atoms with E-state index in [2.05, 4.69) is 19.8 Å². The van der Waals surface area contributed by atoms with E-state index in [1.165, 1.54) is 24.5 Å². The van der Waals surface area contributed by atoms with Crippen LogP contribution in [0.2, 0.25) is 0 Å². The van der Waals surface area contributed by atoms with Gasteiger partial charge in [-0.1, -0.05) is 0 Å². The second-order valence-corrected chi connectivity index (χ2v) is 7.29. The van der Waals surface area contributed by atoms with E-state index in [0.29, 0.717) is 18.2 Å². The Morgan fingerprint density at radius 3 is 2.46 bits per heavy atom. The van der Waals surface area contributed by atoms with Crippen LogP contribution in [0.25, 0.3) is 5.82 Å². The zero-order chi connectivity index (χ0) is 18.7. The fourth-order valence-electron chi connectivity index (χ4n) is 2.46. The first-order valence-electron chi connectivity index (χ1n) is 8.00. The molecule has 3 aromatic rings. The molecule has 0 radical (unpaired) electrons. The molecule has 136 valence electrons. The number of rotatable bonds is 6. The lowest BCUT2D eigenvalue weighted by Gasteiger charge is -2.10. The van der Waals surface area contributed by atoms with E-state index in [9.17, 15) is 8.42 Å². The summed E-state index contributed by atoms with van der Waals surface area (Å²) in [6.07, 6.45) is 1.29. The van der Waals surface area contributed by atoms with Crippen molar-refractivity contribution < 1.29 is 13.2 Å². The Kier molecular flexibility index (Phi) is 4.90. The summed E-state index contributed by atoms with van der Waals surface area (Å²) in [4.78, 5) is 8.27. The average Bonchev–Trinajstić information content (AvgIpc) is 2.94. The van der Waals surface area contributed by atoms with E-state index < -0.39 is 10.0 Å². The minimum absolute atomic E-state index is 0.118. The Morgan fingerprint density at radius 2 is 1.85 bits per heavy atom. The molecule has 0 bridgehead atoms. The second-order valence-electron chi connectivity index (χ2n) is 5.61. The Morgan fingerprint density at radius 1 is 1.12 bits per heavy atom. The second kappa shape index (κ2) is 7.12. The van der Waals surface area contributed by atoms with Crippen LogP contribution < -0.4 is 9.46 Å². The van der Waals surface area contributed by atoms with Gasteiger partial charge in [0.2, 0.25) is 0 Å². The molecular formula is C17H19N5O3S. The Labute approximate surface area is 151 Å². The molecule has 1 N–H and O–H groups in total. The van der Waals surface area contributed by atoms with Crippen molar-refractivity contribution in [3.63, 3.8) is 0 Å². The molecule has 0 aliphatic heterocycles. The van der Waals surface area contributed by atoms with Gasteiger partial charge in [0, 0.05) is 11.8 Å². The number of sulfonamides is 1. The van der Waals surface area contributed by atoms with E-state index in [-0.39, 0.29) is 10.7 Å². The number of benzene rings is 1. The van der Waals surface area contributed by atoms with Crippen molar-refractivity contribution >= 4 is 15.8 Å². The predicted octanol–water partition coefficient (Wildman–Crippen LogP) is 2.48. The Balaban J connectivity index is 1.86. The lowest BCUT2D eigenvalue weighted by molar-refractivity contribution is 0.340. The number of nitrogens with one attached hydrogen (secondary N) is 1. The molecular weight excluding hydrogens is 354 g/mol. The van der Waals surface area contributed by atoms with Crippen molar-refractivity contribution in [1.29, 1.82) is 0 Å². The SMILES string of the molecule is CCOc1ccc(S(=O)(=O)Nc2cc(-n3nc(C)cc3C)ncn2)cc1. The number of aromatic nitrogens is 4. The molecule has 26 heavy (non-hydrogen) atoms. The van der Waals surface area contributed by atoms with Gasteiger partial charge in [-0.25, -0.2) is 23.1 Å². The van der Waals surface area contributed by atoms with Gasteiger partial charge in [0.1, 0.15) is 17.9 Å². The quantitative estimate of drug-likeness (QED) is 0.713. The van der Waals surface area contributed by atoms with Crippen molar-refractivity contribution in [2.45, 2.75) is 25.7 Å². The molecule has 3 rings (SSSR count). The fraction of sp³-hybridized carbons (Fsp3) is 0.235. The Bertz CT molecular complexity index is 1010. The number of aryl methyl sites for hydroxylation is 2. The molecule has 0 amide bonds. The van der Waals surface area contributed by atoms with Crippen LogP contribution in [0, 0.1) is 13.8 Å². The third kappa shape index (κ3) is 3.83. The molecule has 1 aromatic carbocycles. The van der Waals surface area contributed by atoms with E-state index in [4.69, 9.17) is 4.74 Å². The molecule has 2 aromatic heterocycles. The molecule has 0 saturated heterocycles. The zero-order valence-electron chi connectivity index (χ0n) is 14.7. The van der Waals surface area contributed by atoms with Crippen LogP contribution in [0.5, 0.6) is 5.75 Å². The van der Waals surface area contributed by atoms with E-state index in [0.717, 1.165) is 11.4 Å². The standard InChI is InChI=1S/C17H19N5O3S/c1-4-25-14-5-7-15(8-6-14)26(23,24)21-16-10-17(19-11-18-16)22-13(3)9-12(2)20-22/h5-11H,4H2,1-3H3,(H,18,19,21). The van der Waals surface area contributed by atoms with E-state index >= 15 is 0 Å². The first kappa shape index (κ1) is 17.9. The number of nitrogens with zero attached hydrogens (tertiary/aromatic N) is 4. The van der Waals surface area contributed by atoms with Crippen molar-refractivity contribution in [1.82, 2.24) is 19.7 Å². The van der Waals surface area contributed by atoms with Gasteiger partial charge in [-0.15, -0.1) is 0 Å². The minimum Gasteiger partial charge on any atom is -0.494 e. The monoisotopic (exact) mass is 373 g/mol. The molecule has 0 aliphatic carbocycles. The van der Waals surface area contributed by atoms with Gasteiger partial charge in [-0.2, -0.15) is 5.10 Å². The largest absolute Gasteiger partial charge is 0.494 e. The molecule has 0 atom stereocenters. The van der Waals surface area contributed by atoms with Crippen molar-refractivity contribution in [2.75, 3.05) is 11.3 Å². The molecule has 0 spiro atoms. The van der Waals surface area contributed by atoms with Crippen LogP contribution >= 0.6 is 0 Å². The molecule has 0 aliphatic rings. The summed E-state index contributed by atoms with van der Waals surface area (Å²) >= 11 is 0. The predicted molar refractivity (Wildman–Crippen MR) is 97.0 cm³/mol. The van der Waals surface area contributed by atoms with E-state index in [1.807, 2.05) is 26.8 Å². The fourth-order valence-corrected chi connectivity index (χ4v) is 3.46. The summed E-state index contributed by atoms with van der Waals surface area (Å²) in [7, 11) is -3.77. The highest BCUT2D eigenvalue weighted by molar-refractivity contribution is 7.92. The van der Waals surface area contributed by atoms with Crippen LogP contribution in [-0.4, -0.2) is 34.8 Å². The first-order valence-corrected chi connectivity index (χ1v) is 9.49. The van der Waals surface area contributed by atoms with Crippen molar-refractivity contribution in [3.05, 3.63) is 54.1 Å². The van der Waals surface area contributed by atoms with Crippen LogP contribution in [-0.2, 0) is 10.0 Å². The molecule has 0 fully saturated rings. The maximum Gasteiger partial charge on any atom is 0.263 e. The van der Waals surface area contributed by atoms with Gasteiger partial charge < -0.3 is 4.74 Å². The summed E-state index contributed by atoms with van der Waals surface area (Å²) in [5.74, 6) is 1.26. The summed E-state index contributed by atoms with van der Waals surface area (Å²) in [6, 6.07) is 9.63. The first-order chi connectivity index (χ1) is 12.4. The van der Waals surface area contributed by atoms with Gasteiger partial charge >= 0.3 is 0 Å². The molecule has 2 heterocycles. The maximum absolute atomic E-state index is 12.6. The summed E-state index contributed by atoms with van der Waals surface area (Å²) in [6.45, 7) is 6.15. The summed E-state index contributed by atoms with van der Waals surface area (Å²) in [5, 5.41) is 4.34. The normalized spacial score (nSPS) is 11.3. The smallest absolute Gasteiger partial charge is 0.263 e. The lowest BCUT2D eigenvalue weighted by Crippen LogP contribution is -2.14. The van der Waals surface area contributed by atoms with Gasteiger partial charge in [0.25, 0.3) is 10.0 Å². The highest BCUT2D eigenvalue weighted by atomic mass is 32.2. The van der Waals surface area contributed by atoms with Gasteiger partial charge in [-0.05, 0) is 51.1 Å². The molecule has 0 saturated carbocycles. The molecule has 0 unspecified atom stereocenters. The average molecular weight is 373 g/mol. The summed E-state index contributed by atoms with van der Waals surface area (Å²) < 4.78 is 34.5. The third-order valence-corrected chi connectivity index (χ3v) is 4.93. The van der Waals surface area contributed by atoms with Crippen molar-refractivity contribution in [2.24, 2.45) is 0 Å². The zero-order valence-corrected chi connectivity index (χ0v) is 15.5. The molecule has 8 nitrogen and oxygen atoms in total. The lowest BCUT2D eigenvalue weighted by atomic mass is 10.3.